The zero-order chi connectivity index (χ0) is 9.73. The Morgan fingerprint density at radius 1 is 1.15 bits per heavy atom. The van der Waals surface area contributed by atoms with Crippen molar-refractivity contribution in [3.8, 4) is 0 Å². The molecular weight excluding hydrogens is 156 g/mol. The highest BCUT2D eigenvalue weighted by molar-refractivity contribution is 4.97. The Labute approximate surface area is 83.4 Å². The van der Waals surface area contributed by atoms with Crippen molar-refractivity contribution >= 4 is 0 Å². The van der Waals surface area contributed by atoms with Crippen LogP contribution in [0.2, 0.25) is 0 Å². The normalized spacial score (nSPS) is 21.2. The van der Waals surface area contributed by atoms with E-state index in [9.17, 15) is 0 Å². The van der Waals surface area contributed by atoms with Crippen molar-refractivity contribution in [3.05, 3.63) is 12.2 Å². The second-order valence-corrected chi connectivity index (χ2v) is 5.10. The van der Waals surface area contributed by atoms with Gasteiger partial charge >= 0.3 is 0 Å². The summed E-state index contributed by atoms with van der Waals surface area (Å²) in [7, 11) is 0. The van der Waals surface area contributed by atoms with Gasteiger partial charge in [0, 0.05) is 0 Å². The molecule has 0 heterocycles. The van der Waals surface area contributed by atoms with Crippen molar-refractivity contribution in [2.45, 2.75) is 59.3 Å². The Hall–Kier alpha value is -0.260. The minimum absolute atomic E-state index is 0.414. The zero-order valence-corrected chi connectivity index (χ0v) is 9.47. The monoisotopic (exact) mass is 180 g/mol. The molecule has 0 bridgehead atoms. The quantitative estimate of drug-likeness (QED) is 0.558. The van der Waals surface area contributed by atoms with E-state index < -0.39 is 0 Å². The molecule has 0 N–H and O–H groups in total. The smallest absolute Gasteiger partial charge is 0.0177 e. The van der Waals surface area contributed by atoms with E-state index in [1.807, 2.05) is 0 Å². The van der Waals surface area contributed by atoms with Gasteiger partial charge in [-0.25, -0.2) is 0 Å². The van der Waals surface area contributed by atoms with Crippen LogP contribution in [0.1, 0.15) is 59.3 Å². The van der Waals surface area contributed by atoms with Crippen molar-refractivity contribution in [2.24, 2.45) is 11.3 Å². The summed E-state index contributed by atoms with van der Waals surface area (Å²) in [4.78, 5) is 0. The molecule has 0 heteroatoms. The number of hydrogen-bond donors (Lipinski definition) is 0. The molecule has 0 atom stereocenters. The van der Waals surface area contributed by atoms with Gasteiger partial charge in [0.05, 0.1) is 0 Å². The highest BCUT2D eigenvalue weighted by atomic mass is 14.2. The van der Waals surface area contributed by atoms with E-state index in [4.69, 9.17) is 0 Å². The molecule has 76 valence electrons. The predicted octanol–water partition coefficient (Wildman–Crippen LogP) is 4.56. The summed E-state index contributed by atoms with van der Waals surface area (Å²) in [5.41, 5.74) is 0.414. The van der Waals surface area contributed by atoms with Gasteiger partial charge in [-0.05, 0) is 30.6 Å². The molecule has 1 fully saturated rings. The highest BCUT2D eigenvalue weighted by Crippen LogP contribution is 2.28. The Morgan fingerprint density at radius 3 is 2.31 bits per heavy atom. The van der Waals surface area contributed by atoms with Gasteiger partial charge < -0.3 is 0 Å². The lowest BCUT2D eigenvalue weighted by Crippen LogP contribution is -2.08. The van der Waals surface area contributed by atoms with E-state index in [2.05, 4.69) is 32.9 Å². The first-order valence-electron chi connectivity index (χ1n) is 5.83. The lowest BCUT2D eigenvalue weighted by atomic mass is 9.84. The molecule has 1 aliphatic carbocycles. The van der Waals surface area contributed by atoms with Crippen molar-refractivity contribution < 1.29 is 0 Å². The highest BCUT2D eigenvalue weighted by Gasteiger charge is 2.13. The summed E-state index contributed by atoms with van der Waals surface area (Å²) in [6.45, 7) is 6.92. The zero-order valence-electron chi connectivity index (χ0n) is 9.47. The molecule has 0 aromatic heterocycles. The van der Waals surface area contributed by atoms with Crippen molar-refractivity contribution in [1.82, 2.24) is 0 Å². The molecule has 0 saturated heterocycles. The maximum atomic E-state index is 2.47. The van der Waals surface area contributed by atoms with Gasteiger partial charge in [-0.3, -0.25) is 0 Å². The van der Waals surface area contributed by atoms with Crippen LogP contribution in [0.3, 0.4) is 0 Å². The van der Waals surface area contributed by atoms with Gasteiger partial charge in [-0.1, -0.05) is 52.2 Å². The van der Waals surface area contributed by atoms with Crippen molar-refractivity contribution in [3.63, 3.8) is 0 Å². The van der Waals surface area contributed by atoms with Crippen molar-refractivity contribution in [1.29, 1.82) is 0 Å². The summed E-state index contributed by atoms with van der Waals surface area (Å²) >= 11 is 0. The minimum Gasteiger partial charge on any atom is -0.0849 e. The third kappa shape index (κ3) is 3.97. The second-order valence-electron chi connectivity index (χ2n) is 5.10. The van der Waals surface area contributed by atoms with Crippen molar-refractivity contribution in [2.75, 3.05) is 0 Å². The van der Waals surface area contributed by atoms with Gasteiger partial charge in [-0.2, -0.15) is 0 Å². The van der Waals surface area contributed by atoms with Gasteiger partial charge in [-0.15, -0.1) is 0 Å². The van der Waals surface area contributed by atoms with E-state index in [-0.39, 0.29) is 0 Å². The van der Waals surface area contributed by atoms with Crippen LogP contribution in [0.25, 0.3) is 0 Å². The fraction of sp³-hybridized carbons (Fsp3) is 0.846. The molecule has 0 unspecified atom stereocenters. The first-order valence-corrected chi connectivity index (χ1v) is 5.83. The fourth-order valence-electron chi connectivity index (χ4n) is 1.84. The average molecular weight is 180 g/mol. The van der Waals surface area contributed by atoms with Gasteiger partial charge in [0.1, 0.15) is 0 Å². The molecule has 0 nitrogen and oxygen atoms in total. The Bertz CT molecular complexity index is 159. The molecule has 1 rings (SSSR count). The summed E-state index contributed by atoms with van der Waals surface area (Å²) in [5, 5.41) is 0. The van der Waals surface area contributed by atoms with E-state index in [1.54, 1.807) is 0 Å². The first-order chi connectivity index (χ1) is 6.14. The average Bonchev–Trinajstić information content (AvgIpc) is 2.17. The molecular formula is C13H24. The molecule has 1 aliphatic rings. The molecule has 1 saturated carbocycles. The fourth-order valence-corrected chi connectivity index (χ4v) is 1.84. The number of hydrogen-bond acceptors (Lipinski definition) is 0. The lowest BCUT2D eigenvalue weighted by molar-refractivity contribution is 0.407. The Balaban J connectivity index is 2.37. The standard InChI is InChI=1S/C13H24/c1-4-13(2,3)11-10-12-8-6-5-7-9-12/h10-12H,4-9H2,1-3H3. The van der Waals surface area contributed by atoms with Gasteiger partial charge in [0.15, 0.2) is 0 Å². The van der Waals surface area contributed by atoms with Crippen LogP contribution < -0.4 is 0 Å². The van der Waals surface area contributed by atoms with Crippen LogP contribution in [-0.2, 0) is 0 Å². The Morgan fingerprint density at radius 2 is 1.77 bits per heavy atom. The maximum Gasteiger partial charge on any atom is -0.0177 e. The van der Waals surface area contributed by atoms with Crippen LogP contribution >= 0.6 is 0 Å². The topological polar surface area (TPSA) is 0 Å². The molecule has 0 aromatic rings. The largest absolute Gasteiger partial charge is 0.0849 e. The SMILES string of the molecule is CCC(C)(C)C=CC1CCCCC1. The first kappa shape index (κ1) is 10.8. The molecule has 0 amide bonds. The third-order valence-electron chi connectivity index (χ3n) is 3.38. The van der Waals surface area contributed by atoms with Crippen LogP contribution in [0, 0.1) is 11.3 Å². The van der Waals surface area contributed by atoms with E-state index in [0.29, 0.717) is 5.41 Å². The van der Waals surface area contributed by atoms with Crippen LogP contribution in [0.4, 0.5) is 0 Å². The predicted molar refractivity (Wildman–Crippen MR) is 59.8 cm³/mol. The summed E-state index contributed by atoms with van der Waals surface area (Å²) in [6.07, 6.45) is 13.4. The Kier molecular flexibility index (Phi) is 4.02. The van der Waals surface area contributed by atoms with Crippen LogP contribution in [-0.4, -0.2) is 0 Å². The molecule has 0 aromatic carbocycles. The van der Waals surface area contributed by atoms with Gasteiger partial charge in [0.2, 0.25) is 0 Å². The number of allylic oxidation sites excluding steroid dienone is 2. The van der Waals surface area contributed by atoms with Crippen LogP contribution in [0.5, 0.6) is 0 Å². The van der Waals surface area contributed by atoms with E-state index >= 15 is 0 Å². The van der Waals surface area contributed by atoms with E-state index in [0.717, 1.165) is 5.92 Å². The van der Waals surface area contributed by atoms with E-state index in [1.165, 1.54) is 38.5 Å². The molecule has 0 aliphatic heterocycles. The summed E-state index contributed by atoms with van der Waals surface area (Å²) in [5.74, 6) is 0.888. The molecule has 13 heavy (non-hydrogen) atoms. The lowest BCUT2D eigenvalue weighted by Gasteiger charge is -2.21. The maximum absolute atomic E-state index is 2.47. The van der Waals surface area contributed by atoms with Gasteiger partial charge in [0.25, 0.3) is 0 Å². The molecule has 0 spiro atoms. The second kappa shape index (κ2) is 4.83. The number of rotatable bonds is 3. The summed E-state index contributed by atoms with van der Waals surface area (Å²) in [6, 6.07) is 0. The minimum atomic E-state index is 0.414. The molecule has 0 radical (unpaired) electrons. The van der Waals surface area contributed by atoms with Crippen LogP contribution in [0.15, 0.2) is 12.2 Å². The third-order valence-corrected chi connectivity index (χ3v) is 3.38. The summed E-state index contributed by atoms with van der Waals surface area (Å²) < 4.78 is 0.